The summed E-state index contributed by atoms with van der Waals surface area (Å²) in [4.78, 5) is 16.0. The van der Waals surface area contributed by atoms with Crippen LogP contribution in [-0.4, -0.2) is 22.6 Å². The SMILES string of the molecule is Nc1cnccc1C(=O)Nc1cccc(CCCO)c1. The highest BCUT2D eigenvalue weighted by Crippen LogP contribution is 2.15. The van der Waals surface area contributed by atoms with Gasteiger partial charge in [0.2, 0.25) is 0 Å². The molecule has 1 aromatic carbocycles. The lowest BCUT2D eigenvalue weighted by Crippen LogP contribution is -2.14. The first-order valence-corrected chi connectivity index (χ1v) is 6.41. The second kappa shape index (κ2) is 6.68. The Kier molecular flexibility index (Phi) is 4.68. The minimum absolute atomic E-state index is 0.157. The van der Waals surface area contributed by atoms with E-state index in [1.165, 1.54) is 12.4 Å². The predicted molar refractivity (Wildman–Crippen MR) is 78.5 cm³/mol. The number of amides is 1. The van der Waals surface area contributed by atoms with Gasteiger partial charge in [-0.1, -0.05) is 12.1 Å². The fraction of sp³-hybridized carbons (Fsp3) is 0.200. The molecule has 1 amide bonds. The van der Waals surface area contributed by atoms with Gasteiger partial charge in [-0.15, -0.1) is 0 Å². The van der Waals surface area contributed by atoms with Gasteiger partial charge >= 0.3 is 0 Å². The van der Waals surface area contributed by atoms with Crippen molar-refractivity contribution in [3.8, 4) is 0 Å². The van der Waals surface area contributed by atoms with E-state index in [1.807, 2.05) is 24.3 Å². The monoisotopic (exact) mass is 271 g/mol. The number of aromatic nitrogens is 1. The van der Waals surface area contributed by atoms with E-state index in [2.05, 4.69) is 10.3 Å². The van der Waals surface area contributed by atoms with Gasteiger partial charge in [0.05, 0.1) is 17.4 Å². The summed E-state index contributed by atoms with van der Waals surface area (Å²) in [5.41, 5.74) is 8.25. The topological polar surface area (TPSA) is 88.2 Å². The molecule has 0 atom stereocenters. The summed E-state index contributed by atoms with van der Waals surface area (Å²) in [7, 11) is 0. The number of aryl methyl sites for hydroxylation is 1. The third-order valence-corrected chi connectivity index (χ3v) is 2.90. The van der Waals surface area contributed by atoms with Crippen molar-refractivity contribution in [1.29, 1.82) is 0 Å². The van der Waals surface area contributed by atoms with Gasteiger partial charge in [-0.2, -0.15) is 0 Å². The van der Waals surface area contributed by atoms with E-state index in [-0.39, 0.29) is 12.5 Å². The van der Waals surface area contributed by atoms with Crippen LogP contribution in [0, 0.1) is 0 Å². The molecule has 0 unspecified atom stereocenters. The van der Waals surface area contributed by atoms with Crippen molar-refractivity contribution in [3.05, 3.63) is 53.9 Å². The fourth-order valence-corrected chi connectivity index (χ4v) is 1.90. The van der Waals surface area contributed by atoms with Crippen LogP contribution in [0.5, 0.6) is 0 Å². The molecule has 0 aliphatic rings. The predicted octanol–water partition coefficient (Wildman–Crippen LogP) is 1.84. The first-order chi connectivity index (χ1) is 9.70. The lowest BCUT2D eigenvalue weighted by Gasteiger charge is -2.08. The van der Waals surface area contributed by atoms with E-state index in [9.17, 15) is 4.79 Å². The fourth-order valence-electron chi connectivity index (χ4n) is 1.90. The molecule has 0 aliphatic carbocycles. The summed E-state index contributed by atoms with van der Waals surface area (Å²) in [5, 5.41) is 11.6. The normalized spacial score (nSPS) is 10.2. The van der Waals surface area contributed by atoms with Crippen LogP contribution in [0.25, 0.3) is 0 Å². The number of carbonyl (C=O) groups excluding carboxylic acids is 1. The zero-order chi connectivity index (χ0) is 14.4. The number of hydrogen-bond donors (Lipinski definition) is 3. The molecule has 104 valence electrons. The maximum Gasteiger partial charge on any atom is 0.257 e. The van der Waals surface area contributed by atoms with Gasteiger partial charge in [0, 0.05) is 18.5 Å². The second-order valence-electron chi connectivity index (χ2n) is 4.44. The van der Waals surface area contributed by atoms with E-state index in [4.69, 9.17) is 10.8 Å². The van der Waals surface area contributed by atoms with Gasteiger partial charge in [-0.3, -0.25) is 9.78 Å². The lowest BCUT2D eigenvalue weighted by atomic mass is 10.1. The molecule has 20 heavy (non-hydrogen) atoms. The maximum atomic E-state index is 12.1. The average molecular weight is 271 g/mol. The molecule has 4 N–H and O–H groups in total. The number of benzene rings is 1. The van der Waals surface area contributed by atoms with Crippen molar-refractivity contribution in [2.75, 3.05) is 17.7 Å². The maximum absolute atomic E-state index is 12.1. The highest BCUT2D eigenvalue weighted by molar-refractivity contribution is 6.07. The summed E-state index contributed by atoms with van der Waals surface area (Å²) in [5.74, 6) is -0.260. The first-order valence-electron chi connectivity index (χ1n) is 6.41. The molecule has 0 saturated carbocycles. The van der Waals surface area contributed by atoms with E-state index >= 15 is 0 Å². The lowest BCUT2D eigenvalue weighted by molar-refractivity contribution is 0.102. The summed E-state index contributed by atoms with van der Waals surface area (Å²) in [6, 6.07) is 9.13. The number of aliphatic hydroxyl groups is 1. The minimum atomic E-state index is -0.260. The standard InChI is InChI=1S/C15H17N3O2/c16-14-10-17-7-6-13(14)15(20)18-12-5-1-3-11(9-12)4-2-8-19/h1,3,5-7,9-10,19H,2,4,8,16H2,(H,18,20). The van der Waals surface area contributed by atoms with Crippen molar-refractivity contribution < 1.29 is 9.90 Å². The molecule has 0 aliphatic heterocycles. The van der Waals surface area contributed by atoms with Crippen molar-refractivity contribution in [3.63, 3.8) is 0 Å². The van der Waals surface area contributed by atoms with Crippen molar-refractivity contribution in [1.82, 2.24) is 4.98 Å². The zero-order valence-electron chi connectivity index (χ0n) is 11.0. The Morgan fingerprint density at radius 2 is 2.20 bits per heavy atom. The number of rotatable bonds is 5. The Labute approximate surface area is 117 Å². The first kappa shape index (κ1) is 14.0. The quantitative estimate of drug-likeness (QED) is 0.774. The Morgan fingerprint density at radius 3 is 2.95 bits per heavy atom. The number of nitrogens with zero attached hydrogens (tertiary/aromatic N) is 1. The Morgan fingerprint density at radius 1 is 1.35 bits per heavy atom. The molecule has 0 saturated heterocycles. The number of nitrogen functional groups attached to an aromatic ring is 1. The number of aliphatic hydroxyl groups excluding tert-OH is 1. The molecule has 1 aromatic heterocycles. The second-order valence-corrected chi connectivity index (χ2v) is 4.44. The molecule has 5 heteroatoms. The van der Waals surface area contributed by atoms with Gasteiger partial charge < -0.3 is 16.2 Å². The Balaban J connectivity index is 2.10. The zero-order valence-corrected chi connectivity index (χ0v) is 11.0. The van der Waals surface area contributed by atoms with Crippen LogP contribution >= 0.6 is 0 Å². The van der Waals surface area contributed by atoms with Crippen LogP contribution < -0.4 is 11.1 Å². The molecule has 0 bridgehead atoms. The number of nitrogens with two attached hydrogens (primary N) is 1. The summed E-state index contributed by atoms with van der Waals surface area (Å²) in [6.07, 6.45) is 4.46. The summed E-state index contributed by atoms with van der Waals surface area (Å²) < 4.78 is 0. The van der Waals surface area contributed by atoms with E-state index in [0.29, 0.717) is 23.4 Å². The number of pyridine rings is 1. The van der Waals surface area contributed by atoms with Crippen LogP contribution in [0.15, 0.2) is 42.7 Å². The Bertz CT molecular complexity index is 599. The molecule has 2 aromatic rings. The third-order valence-electron chi connectivity index (χ3n) is 2.90. The molecule has 0 fully saturated rings. The number of anilines is 2. The minimum Gasteiger partial charge on any atom is -0.397 e. The van der Waals surface area contributed by atoms with Crippen LogP contribution in [0.3, 0.4) is 0 Å². The van der Waals surface area contributed by atoms with Gasteiger partial charge in [0.15, 0.2) is 0 Å². The van der Waals surface area contributed by atoms with E-state index in [1.54, 1.807) is 6.07 Å². The largest absolute Gasteiger partial charge is 0.397 e. The smallest absolute Gasteiger partial charge is 0.257 e. The van der Waals surface area contributed by atoms with Crippen molar-refractivity contribution >= 4 is 17.3 Å². The van der Waals surface area contributed by atoms with Gasteiger partial charge in [0.25, 0.3) is 5.91 Å². The average Bonchev–Trinajstić information content (AvgIpc) is 2.46. The van der Waals surface area contributed by atoms with E-state index < -0.39 is 0 Å². The Hall–Kier alpha value is -2.40. The molecule has 1 heterocycles. The number of hydrogen-bond acceptors (Lipinski definition) is 4. The van der Waals surface area contributed by atoms with Gasteiger partial charge in [-0.05, 0) is 36.6 Å². The van der Waals surface area contributed by atoms with Crippen molar-refractivity contribution in [2.45, 2.75) is 12.8 Å². The van der Waals surface area contributed by atoms with Crippen LogP contribution in [-0.2, 0) is 6.42 Å². The van der Waals surface area contributed by atoms with Gasteiger partial charge in [-0.25, -0.2) is 0 Å². The number of nitrogens with one attached hydrogen (secondary N) is 1. The van der Waals surface area contributed by atoms with Gasteiger partial charge in [0.1, 0.15) is 0 Å². The van der Waals surface area contributed by atoms with Crippen LogP contribution in [0.2, 0.25) is 0 Å². The number of carbonyl (C=O) groups is 1. The molecule has 0 spiro atoms. The molecule has 5 nitrogen and oxygen atoms in total. The highest BCUT2D eigenvalue weighted by atomic mass is 16.2. The third kappa shape index (κ3) is 3.55. The summed E-state index contributed by atoms with van der Waals surface area (Å²) >= 11 is 0. The van der Waals surface area contributed by atoms with Crippen molar-refractivity contribution in [2.24, 2.45) is 0 Å². The molecular formula is C15H17N3O2. The molecule has 2 rings (SSSR count). The van der Waals surface area contributed by atoms with E-state index in [0.717, 1.165) is 12.0 Å². The highest BCUT2D eigenvalue weighted by Gasteiger charge is 2.09. The molecule has 0 radical (unpaired) electrons. The van der Waals surface area contributed by atoms with Crippen LogP contribution in [0.4, 0.5) is 11.4 Å². The van der Waals surface area contributed by atoms with Crippen LogP contribution in [0.1, 0.15) is 22.3 Å². The summed E-state index contributed by atoms with van der Waals surface area (Å²) in [6.45, 7) is 0.157. The molecular weight excluding hydrogens is 254 g/mol.